The molecule has 0 aliphatic carbocycles. The average Bonchev–Trinajstić information content (AvgIpc) is 2.60. The number of carbonyl (C=O) groups excluding carboxylic acids is 2. The highest BCUT2D eigenvalue weighted by atomic mass is 16.5. The molecule has 5 heteroatoms. The Balaban J connectivity index is 2.11. The van der Waals surface area contributed by atoms with Gasteiger partial charge in [0.25, 0.3) is 0 Å². The van der Waals surface area contributed by atoms with Crippen molar-refractivity contribution in [2.24, 2.45) is 0 Å². The van der Waals surface area contributed by atoms with E-state index < -0.39 is 0 Å². The molecule has 5 nitrogen and oxygen atoms in total. The van der Waals surface area contributed by atoms with Crippen molar-refractivity contribution in [1.82, 2.24) is 0 Å². The van der Waals surface area contributed by atoms with Gasteiger partial charge in [0.05, 0.1) is 14.2 Å². The van der Waals surface area contributed by atoms with E-state index in [1.54, 1.807) is 62.8 Å². The van der Waals surface area contributed by atoms with Crippen molar-refractivity contribution in [3.63, 3.8) is 0 Å². The maximum absolute atomic E-state index is 12.0. The Morgan fingerprint density at radius 1 is 1.04 bits per heavy atom. The third kappa shape index (κ3) is 4.46. The lowest BCUT2D eigenvalue weighted by atomic mass is 10.1. The summed E-state index contributed by atoms with van der Waals surface area (Å²) in [6.45, 7) is 1.48. The smallest absolute Gasteiger partial charge is 0.248 e. The molecule has 24 heavy (non-hydrogen) atoms. The van der Waals surface area contributed by atoms with Crippen molar-refractivity contribution in [1.29, 1.82) is 0 Å². The van der Waals surface area contributed by atoms with Crippen LogP contribution >= 0.6 is 0 Å². The fraction of sp³-hybridized carbons (Fsp3) is 0.158. The van der Waals surface area contributed by atoms with Crippen LogP contribution in [-0.4, -0.2) is 25.9 Å². The second kappa shape index (κ2) is 7.97. The van der Waals surface area contributed by atoms with Gasteiger partial charge >= 0.3 is 0 Å². The lowest BCUT2D eigenvalue weighted by Crippen LogP contribution is -2.08. The van der Waals surface area contributed by atoms with Crippen LogP contribution in [0.1, 0.15) is 22.8 Å². The monoisotopic (exact) mass is 325 g/mol. The highest BCUT2D eigenvalue weighted by Gasteiger charge is 2.05. The van der Waals surface area contributed by atoms with Gasteiger partial charge in [0.1, 0.15) is 11.5 Å². The van der Waals surface area contributed by atoms with E-state index in [0.717, 1.165) is 5.56 Å². The number of benzene rings is 2. The Bertz CT molecular complexity index is 781. The zero-order valence-electron chi connectivity index (χ0n) is 13.8. The Labute approximate surface area is 140 Å². The van der Waals surface area contributed by atoms with Crippen LogP contribution in [0.15, 0.2) is 48.5 Å². The van der Waals surface area contributed by atoms with Crippen LogP contribution in [0.4, 0.5) is 5.69 Å². The van der Waals surface area contributed by atoms with Gasteiger partial charge in [0, 0.05) is 29.0 Å². The molecule has 0 spiro atoms. The largest absolute Gasteiger partial charge is 0.497 e. The molecular weight excluding hydrogens is 306 g/mol. The van der Waals surface area contributed by atoms with E-state index in [0.29, 0.717) is 22.7 Å². The SMILES string of the molecule is COc1ccc(/C=C/C(=O)Nc2cccc(C(C)=O)c2)c(OC)c1. The number of rotatable bonds is 6. The number of amides is 1. The number of methoxy groups -OCH3 is 2. The molecular formula is C19H19NO4. The predicted molar refractivity (Wildman–Crippen MR) is 93.7 cm³/mol. The number of ether oxygens (including phenoxy) is 2. The van der Waals surface area contributed by atoms with Gasteiger partial charge in [0.15, 0.2) is 5.78 Å². The molecule has 0 saturated carbocycles. The van der Waals surface area contributed by atoms with E-state index >= 15 is 0 Å². The molecule has 0 aliphatic rings. The summed E-state index contributed by atoms with van der Waals surface area (Å²) in [7, 11) is 3.13. The summed E-state index contributed by atoms with van der Waals surface area (Å²) >= 11 is 0. The third-order valence-corrected chi connectivity index (χ3v) is 3.39. The Morgan fingerprint density at radius 2 is 1.83 bits per heavy atom. The lowest BCUT2D eigenvalue weighted by Gasteiger charge is -2.07. The molecule has 124 valence electrons. The highest BCUT2D eigenvalue weighted by Crippen LogP contribution is 2.25. The summed E-state index contributed by atoms with van der Waals surface area (Å²) in [6, 6.07) is 12.1. The van der Waals surface area contributed by atoms with Gasteiger partial charge in [0.2, 0.25) is 5.91 Å². The molecule has 0 heterocycles. The second-order valence-electron chi connectivity index (χ2n) is 5.07. The number of anilines is 1. The number of hydrogen-bond donors (Lipinski definition) is 1. The van der Waals surface area contributed by atoms with Gasteiger partial charge < -0.3 is 14.8 Å². The summed E-state index contributed by atoms with van der Waals surface area (Å²) in [6.07, 6.45) is 3.06. The first-order valence-corrected chi connectivity index (χ1v) is 7.35. The van der Waals surface area contributed by atoms with Crippen molar-refractivity contribution in [2.45, 2.75) is 6.92 Å². The average molecular weight is 325 g/mol. The number of nitrogens with one attached hydrogen (secondary N) is 1. The summed E-state index contributed by atoms with van der Waals surface area (Å²) < 4.78 is 10.4. The molecule has 2 aromatic carbocycles. The summed E-state index contributed by atoms with van der Waals surface area (Å²) in [4.78, 5) is 23.4. The summed E-state index contributed by atoms with van der Waals surface area (Å²) in [5, 5.41) is 2.72. The summed E-state index contributed by atoms with van der Waals surface area (Å²) in [5.41, 5.74) is 1.87. The predicted octanol–water partition coefficient (Wildman–Crippen LogP) is 3.56. The molecule has 0 radical (unpaired) electrons. The standard InChI is InChI=1S/C19H19NO4/c1-13(21)15-5-4-6-16(11-15)20-19(22)10-8-14-7-9-17(23-2)12-18(14)24-3/h4-12H,1-3H3,(H,20,22)/b10-8+. The molecule has 0 unspecified atom stereocenters. The fourth-order valence-corrected chi connectivity index (χ4v) is 2.12. The van der Waals surface area contributed by atoms with Crippen molar-refractivity contribution in [2.75, 3.05) is 19.5 Å². The van der Waals surface area contributed by atoms with Gasteiger partial charge in [-0.15, -0.1) is 0 Å². The topological polar surface area (TPSA) is 64.6 Å². The Kier molecular flexibility index (Phi) is 5.73. The van der Waals surface area contributed by atoms with Gasteiger partial charge in [-0.25, -0.2) is 0 Å². The molecule has 0 fully saturated rings. The zero-order valence-corrected chi connectivity index (χ0v) is 13.8. The van der Waals surface area contributed by atoms with E-state index in [1.165, 1.54) is 13.0 Å². The molecule has 0 aromatic heterocycles. The maximum Gasteiger partial charge on any atom is 0.248 e. The molecule has 1 amide bonds. The molecule has 0 saturated heterocycles. The molecule has 0 aliphatic heterocycles. The molecule has 0 bridgehead atoms. The minimum Gasteiger partial charge on any atom is -0.497 e. The summed E-state index contributed by atoms with van der Waals surface area (Å²) in [5.74, 6) is 0.935. The van der Waals surface area contributed by atoms with E-state index in [4.69, 9.17) is 9.47 Å². The molecule has 2 aromatic rings. The quantitative estimate of drug-likeness (QED) is 0.651. The van der Waals surface area contributed by atoms with Crippen molar-refractivity contribution in [3.05, 3.63) is 59.7 Å². The second-order valence-corrected chi connectivity index (χ2v) is 5.07. The minimum absolute atomic E-state index is 0.0513. The number of hydrogen-bond acceptors (Lipinski definition) is 4. The Morgan fingerprint density at radius 3 is 2.50 bits per heavy atom. The normalized spacial score (nSPS) is 10.5. The first kappa shape index (κ1) is 17.3. The van der Waals surface area contributed by atoms with Crippen LogP contribution in [0, 0.1) is 0 Å². The van der Waals surface area contributed by atoms with E-state index in [1.807, 2.05) is 0 Å². The molecule has 2 rings (SSSR count). The van der Waals surface area contributed by atoms with E-state index in [-0.39, 0.29) is 11.7 Å². The third-order valence-electron chi connectivity index (χ3n) is 3.39. The number of Topliss-reactive ketones (excluding diaryl/α,β-unsaturated/α-hetero) is 1. The van der Waals surface area contributed by atoms with Crippen LogP contribution in [0.2, 0.25) is 0 Å². The van der Waals surface area contributed by atoms with Crippen molar-refractivity contribution >= 4 is 23.5 Å². The minimum atomic E-state index is -0.298. The van der Waals surface area contributed by atoms with Gasteiger partial charge in [-0.2, -0.15) is 0 Å². The van der Waals surface area contributed by atoms with E-state index in [2.05, 4.69) is 5.32 Å². The first-order chi connectivity index (χ1) is 11.5. The van der Waals surface area contributed by atoms with Crippen molar-refractivity contribution in [3.8, 4) is 11.5 Å². The first-order valence-electron chi connectivity index (χ1n) is 7.35. The molecule has 1 N–H and O–H groups in total. The van der Waals surface area contributed by atoms with E-state index in [9.17, 15) is 9.59 Å². The maximum atomic E-state index is 12.0. The lowest BCUT2D eigenvalue weighted by molar-refractivity contribution is -0.111. The Hall–Kier alpha value is -3.08. The highest BCUT2D eigenvalue weighted by molar-refractivity contribution is 6.03. The van der Waals surface area contributed by atoms with Gasteiger partial charge in [-0.05, 0) is 37.3 Å². The fourth-order valence-electron chi connectivity index (χ4n) is 2.12. The van der Waals surface area contributed by atoms with Crippen LogP contribution in [0.5, 0.6) is 11.5 Å². The number of ketones is 1. The van der Waals surface area contributed by atoms with Crippen LogP contribution < -0.4 is 14.8 Å². The van der Waals surface area contributed by atoms with Crippen LogP contribution in [-0.2, 0) is 4.79 Å². The van der Waals surface area contributed by atoms with Gasteiger partial charge in [-0.1, -0.05) is 12.1 Å². The van der Waals surface area contributed by atoms with Crippen LogP contribution in [0.3, 0.4) is 0 Å². The number of carbonyl (C=O) groups is 2. The van der Waals surface area contributed by atoms with Crippen LogP contribution in [0.25, 0.3) is 6.08 Å². The van der Waals surface area contributed by atoms with Crippen molar-refractivity contribution < 1.29 is 19.1 Å². The molecule has 0 atom stereocenters. The zero-order chi connectivity index (χ0) is 17.5. The van der Waals surface area contributed by atoms with Gasteiger partial charge in [-0.3, -0.25) is 9.59 Å².